The zero-order chi connectivity index (χ0) is 13.1. The van der Waals surface area contributed by atoms with Crippen LogP contribution in [0.3, 0.4) is 0 Å². The highest BCUT2D eigenvalue weighted by Crippen LogP contribution is 2.26. The summed E-state index contributed by atoms with van der Waals surface area (Å²) in [4.78, 5) is 11.8. The van der Waals surface area contributed by atoms with E-state index in [1.54, 1.807) is 6.92 Å². The van der Waals surface area contributed by atoms with Gasteiger partial charge in [-0.05, 0) is 18.9 Å². The number of esters is 1. The highest BCUT2D eigenvalue weighted by Gasteiger charge is 2.25. The number of carbonyl (C=O) groups excluding carboxylic acids is 1. The van der Waals surface area contributed by atoms with Gasteiger partial charge in [0.1, 0.15) is 0 Å². The molecule has 0 fully saturated rings. The van der Waals surface area contributed by atoms with E-state index in [0.717, 1.165) is 17.0 Å². The van der Waals surface area contributed by atoms with Gasteiger partial charge in [-0.1, -0.05) is 13.8 Å². The number of H-pyrrole nitrogens is 1. The minimum Gasteiger partial charge on any atom is -0.463 e. The van der Waals surface area contributed by atoms with Crippen molar-refractivity contribution in [2.24, 2.45) is 0 Å². The molecule has 0 aliphatic carbocycles. The van der Waals surface area contributed by atoms with Crippen molar-refractivity contribution in [2.75, 3.05) is 19.8 Å². The molecule has 0 unspecified atom stereocenters. The van der Waals surface area contributed by atoms with E-state index in [1.807, 2.05) is 6.07 Å². The van der Waals surface area contributed by atoms with Crippen molar-refractivity contribution in [3.8, 4) is 0 Å². The first-order chi connectivity index (χ1) is 8.63. The molecule has 18 heavy (non-hydrogen) atoms. The second kappa shape index (κ2) is 5.35. The maximum Gasteiger partial charge on any atom is 0.336 e. The molecule has 98 valence electrons. The van der Waals surface area contributed by atoms with E-state index in [9.17, 15) is 4.79 Å². The Hall–Kier alpha value is -1.62. The maximum atomic E-state index is 11.8. The number of nitrogens with one attached hydrogen (secondary N) is 1. The Balaban J connectivity index is 2.28. The Morgan fingerprint density at radius 2 is 2.33 bits per heavy atom. The summed E-state index contributed by atoms with van der Waals surface area (Å²) in [6.45, 7) is 7.05. The smallest absolute Gasteiger partial charge is 0.336 e. The first-order valence-electron chi connectivity index (χ1n) is 6.16. The van der Waals surface area contributed by atoms with Crippen LogP contribution in [-0.2, 0) is 14.3 Å². The molecule has 0 spiro atoms. The van der Waals surface area contributed by atoms with Gasteiger partial charge in [0.25, 0.3) is 0 Å². The summed E-state index contributed by atoms with van der Waals surface area (Å²) >= 11 is 0. The van der Waals surface area contributed by atoms with E-state index in [0.29, 0.717) is 31.3 Å². The lowest BCUT2D eigenvalue weighted by atomic mass is 10.1. The molecule has 0 bridgehead atoms. The topological polar surface area (TPSA) is 64.2 Å². The zero-order valence-corrected chi connectivity index (χ0v) is 10.9. The number of carbonyl (C=O) groups is 1. The van der Waals surface area contributed by atoms with Crippen LogP contribution in [0.15, 0.2) is 11.6 Å². The lowest BCUT2D eigenvalue weighted by Crippen LogP contribution is -2.10. The van der Waals surface area contributed by atoms with Crippen LogP contribution in [0.1, 0.15) is 38.1 Å². The number of hydrogen-bond acceptors (Lipinski definition) is 4. The van der Waals surface area contributed by atoms with Crippen molar-refractivity contribution in [1.82, 2.24) is 10.2 Å². The number of hydrogen-bond donors (Lipinski definition) is 1. The SMILES string of the molecule is CCOC(=O)C1=C(c2cc(C(C)C)n[nH]2)COC1. The summed E-state index contributed by atoms with van der Waals surface area (Å²) in [7, 11) is 0. The Kier molecular flexibility index (Phi) is 3.81. The summed E-state index contributed by atoms with van der Waals surface area (Å²) < 4.78 is 10.4. The Bertz CT molecular complexity index is 474. The van der Waals surface area contributed by atoms with Crippen LogP contribution in [-0.4, -0.2) is 36.0 Å². The number of ether oxygens (including phenoxy) is 2. The molecule has 0 atom stereocenters. The highest BCUT2D eigenvalue weighted by molar-refractivity contribution is 5.98. The summed E-state index contributed by atoms with van der Waals surface area (Å²) in [6.07, 6.45) is 0. The number of nitrogens with zero attached hydrogens (tertiary/aromatic N) is 1. The van der Waals surface area contributed by atoms with Gasteiger partial charge in [0.15, 0.2) is 0 Å². The molecule has 0 saturated carbocycles. The summed E-state index contributed by atoms with van der Waals surface area (Å²) in [5, 5.41) is 7.19. The molecule has 2 heterocycles. The third-order valence-corrected chi connectivity index (χ3v) is 2.89. The Labute approximate surface area is 106 Å². The van der Waals surface area contributed by atoms with Gasteiger partial charge in [-0.15, -0.1) is 0 Å². The fourth-order valence-corrected chi connectivity index (χ4v) is 1.86. The van der Waals surface area contributed by atoms with Crippen molar-refractivity contribution in [3.63, 3.8) is 0 Å². The number of aromatic amines is 1. The van der Waals surface area contributed by atoms with E-state index in [2.05, 4.69) is 24.0 Å². The van der Waals surface area contributed by atoms with Crippen LogP contribution in [0.25, 0.3) is 5.57 Å². The van der Waals surface area contributed by atoms with E-state index in [-0.39, 0.29) is 5.97 Å². The predicted octanol–water partition coefficient (Wildman–Crippen LogP) is 1.88. The van der Waals surface area contributed by atoms with Gasteiger partial charge in [0.2, 0.25) is 0 Å². The molecule has 1 aliphatic rings. The first kappa shape index (κ1) is 12.8. The van der Waals surface area contributed by atoms with Crippen molar-refractivity contribution < 1.29 is 14.3 Å². The van der Waals surface area contributed by atoms with Gasteiger partial charge in [0.05, 0.1) is 36.8 Å². The summed E-state index contributed by atoms with van der Waals surface area (Å²) in [5.74, 6) is 0.0506. The molecule has 0 radical (unpaired) electrons. The van der Waals surface area contributed by atoms with Gasteiger partial charge < -0.3 is 9.47 Å². The monoisotopic (exact) mass is 250 g/mol. The lowest BCUT2D eigenvalue weighted by Gasteiger charge is -2.03. The molecule has 1 aromatic rings. The van der Waals surface area contributed by atoms with Crippen molar-refractivity contribution in [2.45, 2.75) is 26.7 Å². The Morgan fingerprint density at radius 3 is 2.94 bits per heavy atom. The summed E-state index contributed by atoms with van der Waals surface area (Å²) in [5.41, 5.74) is 3.27. The lowest BCUT2D eigenvalue weighted by molar-refractivity contribution is -0.138. The van der Waals surface area contributed by atoms with Crippen LogP contribution in [0, 0.1) is 0 Å². The zero-order valence-electron chi connectivity index (χ0n) is 10.9. The standard InChI is InChI=1S/C13H18N2O3/c1-4-18-13(16)10-7-17-6-9(10)12-5-11(8(2)3)14-15-12/h5,8H,4,6-7H2,1-3H3,(H,14,15). The maximum absolute atomic E-state index is 11.8. The van der Waals surface area contributed by atoms with E-state index >= 15 is 0 Å². The third kappa shape index (κ3) is 2.46. The highest BCUT2D eigenvalue weighted by atomic mass is 16.5. The average Bonchev–Trinajstić information content (AvgIpc) is 2.98. The van der Waals surface area contributed by atoms with E-state index < -0.39 is 0 Å². The van der Waals surface area contributed by atoms with Crippen LogP contribution < -0.4 is 0 Å². The Morgan fingerprint density at radius 1 is 1.56 bits per heavy atom. The molecule has 5 nitrogen and oxygen atoms in total. The van der Waals surface area contributed by atoms with Crippen molar-refractivity contribution in [1.29, 1.82) is 0 Å². The van der Waals surface area contributed by atoms with Gasteiger partial charge in [-0.3, -0.25) is 5.10 Å². The van der Waals surface area contributed by atoms with Gasteiger partial charge in [0, 0.05) is 5.57 Å². The van der Waals surface area contributed by atoms with Gasteiger partial charge >= 0.3 is 5.97 Å². The second-order valence-electron chi connectivity index (χ2n) is 4.53. The predicted molar refractivity (Wildman–Crippen MR) is 67.0 cm³/mol. The van der Waals surface area contributed by atoms with Gasteiger partial charge in [-0.25, -0.2) is 4.79 Å². The molecule has 2 rings (SSSR count). The minimum atomic E-state index is -0.300. The van der Waals surface area contributed by atoms with Crippen LogP contribution >= 0.6 is 0 Å². The van der Waals surface area contributed by atoms with Gasteiger partial charge in [-0.2, -0.15) is 5.10 Å². The molecule has 0 saturated heterocycles. The molecular weight excluding hydrogens is 232 g/mol. The molecule has 0 amide bonds. The molecular formula is C13H18N2O3. The van der Waals surface area contributed by atoms with Crippen molar-refractivity contribution in [3.05, 3.63) is 23.0 Å². The molecule has 5 heteroatoms. The fourth-order valence-electron chi connectivity index (χ4n) is 1.86. The molecule has 1 aliphatic heterocycles. The normalized spacial score (nSPS) is 15.6. The summed E-state index contributed by atoms with van der Waals surface area (Å²) in [6, 6.07) is 1.97. The van der Waals surface area contributed by atoms with Crippen LogP contribution in [0.2, 0.25) is 0 Å². The largest absolute Gasteiger partial charge is 0.463 e. The van der Waals surface area contributed by atoms with E-state index in [4.69, 9.17) is 9.47 Å². The first-order valence-corrected chi connectivity index (χ1v) is 6.16. The van der Waals surface area contributed by atoms with Crippen LogP contribution in [0.4, 0.5) is 0 Å². The average molecular weight is 250 g/mol. The van der Waals surface area contributed by atoms with Crippen molar-refractivity contribution >= 4 is 11.5 Å². The fraction of sp³-hybridized carbons (Fsp3) is 0.538. The van der Waals surface area contributed by atoms with E-state index in [1.165, 1.54) is 0 Å². The quantitative estimate of drug-likeness (QED) is 0.829. The minimum absolute atomic E-state index is 0.300. The van der Waals surface area contributed by atoms with Crippen LogP contribution in [0.5, 0.6) is 0 Å². The molecule has 1 N–H and O–H groups in total. The molecule has 1 aromatic heterocycles. The molecule has 0 aromatic carbocycles. The number of aromatic nitrogens is 2. The number of rotatable bonds is 4. The second-order valence-corrected chi connectivity index (χ2v) is 4.53. The third-order valence-electron chi connectivity index (χ3n) is 2.89.